The molecule has 5 rings (SSSR count). The number of nitrogens with one attached hydrogen (secondary N) is 1. The number of anilines is 2. The van der Waals surface area contributed by atoms with Crippen LogP contribution in [0.15, 0.2) is 88.8 Å². The molecule has 1 N–H and O–H groups in total. The van der Waals surface area contributed by atoms with Gasteiger partial charge in [0.25, 0.3) is 0 Å². The number of methoxy groups -OCH3 is 1. The minimum Gasteiger partial charge on any atom is -0.497 e. The molecule has 0 radical (unpaired) electrons. The number of H-pyrrole nitrogens is 1. The molecule has 34 heavy (non-hydrogen) atoms. The lowest BCUT2D eigenvalue weighted by Crippen LogP contribution is -2.47. The largest absolute Gasteiger partial charge is 0.497 e. The lowest BCUT2D eigenvalue weighted by atomic mass is 10.1. The second-order valence-electron chi connectivity index (χ2n) is 8.54. The van der Waals surface area contributed by atoms with Crippen LogP contribution >= 0.6 is 0 Å². The lowest BCUT2D eigenvalue weighted by molar-refractivity contribution is -0.347. The molecule has 174 valence electrons. The average Bonchev–Trinajstić information content (AvgIpc) is 2.88. The Morgan fingerprint density at radius 3 is 2.21 bits per heavy atom. The summed E-state index contributed by atoms with van der Waals surface area (Å²) in [5.41, 5.74) is 3.92. The summed E-state index contributed by atoms with van der Waals surface area (Å²) < 4.78 is 32.7. The van der Waals surface area contributed by atoms with Gasteiger partial charge in [-0.2, -0.15) is 0 Å². The van der Waals surface area contributed by atoms with Crippen molar-refractivity contribution in [1.29, 1.82) is 0 Å². The van der Waals surface area contributed by atoms with Crippen LogP contribution in [0.25, 0.3) is 10.9 Å². The topological polar surface area (TPSA) is 64.0 Å². The van der Waals surface area contributed by atoms with Crippen LogP contribution in [-0.4, -0.2) is 41.7 Å². The molecule has 1 aliphatic heterocycles. The van der Waals surface area contributed by atoms with Crippen LogP contribution in [0.4, 0.5) is 11.4 Å². The van der Waals surface area contributed by atoms with Gasteiger partial charge in [-0.3, -0.25) is 0 Å². The molecule has 0 atom stereocenters. The quantitative estimate of drug-likeness (QED) is 0.435. The summed E-state index contributed by atoms with van der Waals surface area (Å²) in [5, 5.41) is 0.926. The van der Waals surface area contributed by atoms with Gasteiger partial charge in [0.05, 0.1) is 23.1 Å². The van der Waals surface area contributed by atoms with E-state index in [-0.39, 0.29) is 0 Å². The van der Waals surface area contributed by atoms with Gasteiger partial charge in [-0.15, -0.1) is 0 Å². The summed E-state index contributed by atoms with van der Waals surface area (Å²) in [6.07, 6.45) is 1.64. The van der Waals surface area contributed by atoms with Gasteiger partial charge in [0, 0.05) is 37.9 Å². The van der Waals surface area contributed by atoms with Crippen LogP contribution in [0.3, 0.4) is 0 Å². The van der Waals surface area contributed by atoms with Crippen molar-refractivity contribution in [3.8, 4) is 5.75 Å². The third-order valence-electron chi connectivity index (χ3n) is 6.40. The van der Waals surface area contributed by atoms with E-state index in [0.29, 0.717) is 9.79 Å². The number of piperazine rings is 1. The number of sulfone groups is 1. The van der Waals surface area contributed by atoms with Crippen molar-refractivity contribution in [2.24, 2.45) is 0 Å². The third kappa shape index (κ3) is 4.07. The van der Waals surface area contributed by atoms with Gasteiger partial charge in [-0.1, -0.05) is 24.3 Å². The van der Waals surface area contributed by atoms with Gasteiger partial charge in [0.1, 0.15) is 5.75 Å². The van der Waals surface area contributed by atoms with Crippen LogP contribution < -0.4 is 19.5 Å². The van der Waals surface area contributed by atoms with Gasteiger partial charge in [0.2, 0.25) is 15.4 Å². The molecule has 1 aliphatic rings. The van der Waals surface area contributed by atoms with E-state index in [1.165, 1.54) is 0 Å². The molecule has 6 nitrogen and oxygen atoms in total. The fourth-order valence-electron chi connectivity index (χ4n) is 4.56. The van der Waals surface area contributed by atoms with E-state index in [1.807, 2.05) is 37.3 Å². The van der Waals surface area contributed by atoms with Crippen molar-refractivity contribution in [2.75, 3.05) is 43.1 Å². The highest BCUT2D eigenvalue weighted by Crippen LogP contribution is 2.36. The average molecular weight is 475 g/mol. The van der Waals surface area contributed by atoms with Crippen molar-refractivity contribution < 1.29 is 18.1 Å². The van der Waals surface area contributed by atoms with E-state index in [4.69, 9.17) is 4.74 Å². The fraction of sp³-hybridized carbons (Fsp3) is 0.222. The number of pyridine rings is 1. The summed E-state index contributed by atoms with van der Waals surface area (Å²) in [5.74, 6) is 0.834. The molecule has 3 aromatic carbocycles. The standard InChI is InChI=1S/C27H27N3O3S/c1-20-8-13-25-24(18-20)27(26(19-28-25)34(31,32)23-6-4-3-5-7-23)30-16-14-29(15-17-30)21-9-11-22(33-2)12-10-21/h3-13,18-19H,14-17H2,1-2H3/p+1. The Morgan fingerprint density at radius 2 is 1.53 bits per heavy atom. The Labute approximate surface area is 200 Å². The maximum absolute atomic E-state index is 13.7. The molecule has 4 aromatic rings. The molecule has 1 saturated heterocycles. The molecular weight excluding hydrogens is 446 g/mol. The minimum atomic E-state index is -3.70. The maximum Gasteiger partial charge on any atom is 0.214 e. The van der Waals surface area contributed by atoms with Gasteiger partial charge in [-0.25, -0.2) is 13.4 Å². The summed E-state index contributed by atoms with van der Waals surface area (Å²) in [6, 6.07) is 22.8. The molecule has 0 amide bonds. The maximum atomic E-state index is 13.7. The number of aryl methyl sites for hydroxylation is 1. The number of hydrogen-bond donors (Lipinski definition) is 0. The zero-order chi connectivity index (χ0) is 23.7. The second-order valence-corrected chi connectivity index (χ2v) is 10.5. The Bertz CT molecular complexity index is 1410. The van der Waals surface area contributed by atoms with E-state index < -0.39 is 9.84 Å². The predicted octanol–water partition coefficient (Wildman–Crippen LogP) is 4.13. The Kier molecular flexibility index (Phi) is 5.87. The first kappa shape index (κ1) is 22.2. The van der Waals surface area contributed by atoms with E-state index in [0.717, 1.165) is 59.8 Å². The van der Waals surface area contributed by atoms with Crippen LogP contribution in [0.5, 0.6) is 5.75 Å². The fourth-order valence-corrected chi connectivity index (χ4v) is 6.04. The van der Waals surface area contributed by atoms with Crippen molar-refractivity contribution >= 4 is 32.1 Å². The molecule has 0 aliphatic carbocycles. The highest BCUT2D eigenvalue weighted by Gasteiger charge is 2.31. The molecule has 1 aromatic heterocycles. The van der Waals surface area contributed by atoms with Crippen molar-refractivity contribution in [3.63, 3.8) is 0 Å². The smallest absolute Gasteiger partial charge is 0.214 e. The van der Waals surface area contributed by atoms with Crippen LogP contribution in [0, 0.1) is 6.92 Å². The third-order valence-corrected chi connectivity index (χ3v) is 8.18. The predicted molar refractivity (Wildman–Crippen MR) is 135 cm³/mol. The summed E-state index contributed by atoms with van der Waals surface area (Å²) in [6.45, 7) is 5.06. The molecule has 0 spiro atoms. The molecule has 0 bridgehead atoms. The van der Waals surface area contributed by atoms with Gasteiger partial charge in [-0.05, 0) is 55.0 Å². The molecule has 7 heteroatoms. The Balaban J connectivity index is 1.54. The lowest BCUT2D eigenvalue weighted by Gasteiger charge is -2.38. The molecular formula is C27H28N3O3S+. The first-order valence-corrected chi connectivity index (χ1v) is 12.8. The van der Waals surface area contributed by atoms with Gasteiger partial charge >= 0.3 is 0 Å². The first-order valence-electron chi connectivity index (χ1n) is 11.4. The Morgan fingerprint density at radius 1 is 0.853 bits per heavy atom. The van der Waals surface area contributed by atoms with E-state index in [1.54, 1.807) is 37.6 Å². The molecule has 1 fully saturated rings. The number of ether oxygens (including phenoxy) is 1. The van der Waals surface area contributed by atoms with Gasteiger partial charge in [0.15, 0.2) is 11.1 Å². The highest BCUT2D eigenvalue weighted by molar-refractivity contribution is 7.91. The van der Waals surface area contributed by atoms with Crippen LogP contribution in [0.2, 0.25) is 0 Å². The second kappa shape index (κ2) is 8.99. The number of fused-ring (bicyclic) bond motifs is 1. The zero-order valence-electron chi connectivity index (χ0n) is 19.4. The monoisotopic (exact) mass is 474 g/mol. The molecule has 0 unspecified atom stereocenters. The molecule has 0 saturated carbocycles. The van der Waals surface area contributed by atoms with Crippen molar-refractivity contribution in [1.82, 2.24) is 0 Å². The van der Waals surface area contributed by atoms with Crippen LogP contribution in [-0.2, 0) is 9.84 Å². The summed E-state index contributed by atoms with van der Waals surface area (Å²) in [4.78, 5) is 8.37. The summed E-state index contributed by atoms with van der Waals surface area (Å²) >= 11 is 0. The normalized spacial score (nSPS) is 14.4. The zero-order valence-corrected chi connectivity index (χ0v) is 20.2. The van der Waals surface area contributed by atoms with E-state index in [9.17, 15) is 8.42 Å². The number of rotatable bonds is 5. The highest BCUT2D eigenvalue weighted by atomic mass is 32.2. The Hall–Kier alpha value is -3.58. The number of aromatic nitrogens is 1. The summed E-state index contributed by atoms with van der Waals surface area (Å²) in [7, 11) is -2.03. The SMILES string of the molecule is COc1ccc(N2CCN(c3c(S(=O)(=O)c4ccccc4)c[nH+]c4ccc(C)cc34)CC2)cc1. The van der Waals surface area contributed by atoms with E-state index in [2.05, 4.69) is 33.0 Å². The molecule has 2 heterocycles. The minimum absolute atomic E-state index is 0.300. The number of nitrogens with zero attached hydrogens (tertiary/aromatic N) is 2. The van der Waals surface area contributed by atoms with Crippen LogP contribution in [0.1, 0.15) is 5.56 Å². The van der Waals surface area contributed by atoms with Crippen molar-refractivity contribution in [2.45, 2.75) is 16.7 Å². The van der Waals surface area contributed by atoms with E-state index >= 15 is 0 Å². The number of benzene rings is 3. The van der Waals surface area contributed by atoms with Crippen molar-refractivity contribution in [3.05, 3.63) is 84.6 Å². The number of hydrogen-bond acceptors (Lipinski definition) is 5. The first-order chi connectivity index (χ1) is 16.5. The van der Waals surface area contributed by atoms with Gasteiger partial charge < -0.3 is 14.5 Å². The number of aromatic amines is 1.